The Balaban J connectivity index is 2.08. The van der Waals surface area contributed by atoms with Gasteiger partial charge in [-0.1, -0.05) is 15.9 Å². The zero-order valence-corrected chi connectivity index (χ0v) is 12.7. The average Bonchev–Trinajstić information content (AvgIpc) is 2.85. The first-order valence-electron chi connectivity index (χ1n) is 6.37. The molecule has 2 heterocycles. The molecule has 1 atom stereocenters. The van der Waals surface area contributed by atoms with Crippen LogP contribution in [-0.2, 0) is 6.54 Å². The van der Waals surface area contributed by atoms with E-state index in [1.54, 1.807) is 4.90 Å². The number of carbonyl (C=O) groups excluding carboxylic acids is 1. The number of aromatic carboxylic acids is 1. The third kappa shape index (κ3) is 2.23. The van der Waals surface area contributed by atoms with E-state index in [1.807, 2.05) is 31.2 Å². The molecule has 3 rings (SSSR count). The number of anilines is 1. The molecule has 0 saturated carbocycles. The number of rotatable bonds is 2. The van der Waals surface area contributed by atoms with Gasteiger partial charge in [-0.25, -0.2) is 4.79 Å². The first-order valence-corrected chi connectivity index (χ1v) is 7.16. The van der Waals surface area contributed by atoms with E-state index in [4.69, 9.17) is 0 Å². The molecule has 0 bridgehead atoms. The minimum Gasteiger partial charge on any atom is -0.478 e. The fraction of sp³-hybridized carbons (Fsp3) is 0.214. The maximum atomic E-state index is 12.7. The highest BCUT2D eigenvalue weighted by Gasteiger charge is 2.35. The molecule has 2 aromatic rings. The van der Waals surface area contributed by atoms with Crippen LogP contribution < -0.4 is 4.90 Å². The normalized spacial score (nSPS) is 17.7. The molecule has 1 aromatic carbocycles. The Morgan fingerprint density at radius 1 is 1.38 bits per heavy atom. The first kappa shape index (κ1) is 13.8. The molecule has 1 aliphatic heterocycles. The lowest BCUT2D eigenvalue weighted by molar-refractivity contribution is 0.0690. The smallest absolute Gasteiger partial charge is 0.339 e. The second kappa shape index (κ2) is 5.00. The highest BCUT2D eigenvalue weighted by molar-refractivity contribution is 9.10. The Hall–Kier alpha value is -2.15. The van der Waals surface area contributed by atoms with E-state index in [0.29, 0.717) is 6.54 Å². The molecule has 1 aromatic heterocycles. The summed E-state index contributed by atoms with van der Waals surface area (Å²) >= 11 is 3.35. The number of hydrogen-bond donors (Lipinski definition) is 1. The predicted octanol–water partition coefficient (Wildman–Crippen LogP) is 2.39. The Labute approximate surface area is 129 Å². The van der Waals surface area contributed by atoms with Crippen molar-refractivity contribution in [3.8, 4) is 0 Å². The quantitative estimate of drug-likeness (QED) is 0.903. The van der Waals surface area contributed by atoms with Crippen molar-refractivity contribution >= 4 is 33.5 Å². The van der Waals surface area contributed by atoms with E-state index < -0.39 is 5.97 Å². The number of carbonyl (C=O) groups is 2. The van der Waals surface area contributed by atoms with Gasteiger partial charge >= 0.3 is 5.97 Å². The predicted molar refractivity (Wildman–Crippen MR) is 79.6 cm³/mol. The minimum atomic E-state index is -1.14. The summed E-state index contributed by atoms with van der Waals surface area (Å²) in [5, 5.41) is 13.2. The van der Waals surface area contributed by atoms with E-state index in [9.17, 15) is 14.7 Å². The number of hydrogen-bond acceptors (Lipinski definition) is 3. The van der Waals surface area contributed by atoms with Crippen molar-refractivity contribution in [2.24, 2.45) is 0 Å². The molecule has 6 nitrogen and oxygen atoms in total. The Kier molecular flexibility index (Phi) is 3.29. The van der Waals surface area contributed by atoms with Crippen LogP contribution in [-0.4, -0.2) is 32.8 Å². The zero-order chi connectivity index (χ0) is 15.1. The van der Waals surface area contributed by atoms with Gasteiger partial charge in [-0.2, -0.15) is 5.10 Å². The molecule has 7 heteroatoms. The lowest BCUT2D eigenvalue weighted by Crippen LogP contribution is -2.47. The summed E-state index contributed by atoms with van der Waals surface area (Å²) in [7, 11) is 0. The maximum absolute atomic E-state index is 12.7. The van der Waals surface area contributed by atoms with E-state index in [-0.39, 0.29) is 23.2 Å². The van der Waals surface area contributed by atoms with Crippen LogP contribution >= 0.6 is 15.9 Å². The minimum absolute atomic E-state index is 0.0611. The van der Waals surface area contributed by atoms with E-state index >= 15 is 0 Å². The highest BCUT2D eigenvalue weighted by atomic mass is 79.9. The van der Waals surface area contributed by atoms with E-state index in [2.05, 4.69) is 21.0 Å². The Morgan fingerprint density at radius 2 is 2.05 bits per heavy atom. The van der Waals surface area contributed by atoms with Crippen LogP contribution in [0.25, 0.3) is 0 Å². The zero-order valence-electron chi connectivity index (χ0n) is 11.2. The van der Waals surface area contributed by atoms with Gasteiger partial charge in [0.25, 0.3) is 5.91 Å². The molecule has 0 fully saturated rings. The molecule has 0 aliphatic carbocycles. The first-order chi connectivity index (χ1) is 9.99. The average molecular weight is 350 g/mol. The maximum Gasteiger partial charge on any atom is 0.339 e. The Morgan fingerprint density at radius 3 is 2.67 bits per heavy atom. The molecular formula is C14H12BrN3O3. The van der Waals surface area contributed by atoms with E-state index in [1.165, 1.54) is 10.9 Å². The summed E-state index contributed by atoms with van der Waals surface area (Å²) in [6.07, 6.45) is 1.23. The number of aromatic nitrogens is 2. The van der Waals surface area contributed by atoms with Crippen LogP contribution in [0.5, 0.6) is 0 Å². The summed E-state index contributed by atoms with van der Waals surface area (Å²) < 4.78 is 2.38. The third-order valence-electron chi connectivity index (χ3n) is 3.47. The number of nitrogens with zero attached hydrogens (tertiary/aromatic N) is 3. The van der Waals surface area contributed by atoms with Crippen molar-refractivity contribution in [1.82, 2.24) is 9.78 Å². The van der Waals surface area contributed by atoms with Gasteiger partial charge < -0.3 is 10.0 Å². The highest BCUT2D eigenvalue weighted by Crippen LogP contribution is 2.27. The third-order valence-corrected chi connectivity index (χ3v) is 4.00. The fourth-order valence-electron chi connectivity index (χ4n) is 2.53. The van der Waals surface area contributed by atoms with Gasteiger partial charge in [-0.3, -0.25) is 9.48 Å². The van der Waals surface area contributed by atoms with Crippen molar-refractivity contribution in [1.29, 1.82) is 0 Å². The second-order valence-electron chi connectivity index (χ2n) is 4.89. The molecule has 0 unspecified atom stereocenters. The molecule has 0 saturated heterocycles. The Bertz CT molecular complexity index is 724. The SMILES string of the molecule is C[C@H]1Cn2ncc(C(=O)O)c2C(=O)N1c1ccc(Br)cc1. The van der Waals surface area contributed by atoms with Crippen molar-refractivity contribution in [3.63, 3.8) is 0 Å². The summed E-state index contributed by atoms with van der Waals surface area (Å²) in [6.45, 7) is 2.37. The fourth-order valence-corrected chi connectivity index (χ4v) is 2.79. The number of carboxylic acids is 1. The van der Waals surface area contributed by atoms with Crippen molar-refractivity contribution in [2.75, 3.05) is 4.90 Å². The van der Waals surface area contributed by atoms with Gasteiger partial charge in [0.15, 0.2) is 0 Å². The summed E-state index contributed by atoms with van der Waals surface area (Å²) in [4.78, 5) is 25.5. The van der Waals surface area contributed by atoms with Crippen LogP contribution in [0.3, 0.4) is 0 Å². The molecule has 108 valence electrons. The van der Waals surface area contributed by atoms with Crippen LogP contribution in [0.1, 0.15) is 27.8 Å². The van der Waals surface area contributed by atoms with Gasteiger partial charge in [-0.05, 0) is 31.2 Å². The number of carboxylic acid groups (broad SMARTS) is 1. The molecule has 0 radical (unpaired) electrons. The van der Waals surface area contributed by atoms with Gasteiger partial charge in [0.1, 0.15) is 11.3 Å². The van der Waals surface area contributed by atoms with Crippen LogP contribution in [0.2, 0.25) is 0 Å². The van der Waals surface area contributed by atoms with Crippen molar-refractivity contribution < 1.29 is 14.7 Å². The summed E-state index contributed by atoms with van der Waals surface area (Å²) in [5.74, 6) is -1.49. The number of halogens is 1. The molecule has 0 spiro atoms. The number of amides is 1. The van der Waals surface area contributed by atoms with Crippen molar-refractivity contribution in [3.05, 3.63) is 46.2 Å². The van der Waals surface area contributed by atoms with Gasteiger partial charge in [-0.15, -0.1) is 0 Å². The van der Waals surface area contributed by atoms with Gasteiger partial charge in [0.2, 0.25) is 0 Å². The van der Waals surface area contributed by atoms with Gasteiger partial charge in [0.05, 0.1) is 18.8 Å². The van der Waals surface area contributed by atoms with Gasteiger partial charge in [0, 0.05) is 10.2 Å². The summed E-state index contributed by atoms with van der Waals surface area (Å²) in [5.41, 5.74) is 0.803. The molecule has 21 heavy (non-hydrogen) atoms. The number of benzene rings is 1. The second-order valence-corrected chi connectivity index (χ2v) is 5.81. The van der Waals surface area contributed by atoms with Crippen molar-refractivity contribution in [2.45, 2.75) is 19.5 Å². The lowest BCUT2D eigenvalue weighted by atomic mass is 10.1. The standard InChI is InChI=1S/C14H12BrN3O3/c1-8-7-17-12(11(6-16-17)14(20)21)13(19)18(8)10-4-2-9(15)3-5-10/h2-6,8H,7H2,1H3,(H,20,21)/t8-/m0/s1. The van der Waals surface area contributed by atoms with Crippen LogP contribution in [0.4, 0.5) is 5.69 Å². The van der Waals surface area contributed by atoms with E-state index in [0.717, 1.165) is 10.2 Å². The molecular weight excluding hydrogens is 338 g/mol. The molecule has 1 amide bonds. The van der Waals surface area contributed by atoms with Crippen LogP contribution in [0.15, 0.2) is 34.9 Å². The molecule has 1 N–H and O–H groups in total. The molecule has 1 aliphatic rings. The topological polar surface area (TPSA) is 75.4 Å². The largest absolute Gasteiger partial charge is 0.478 e. The monoisotopic (exact) mass is 349 g/mol. The number of fused-ring (bicyclic) bond motifs is 1. The summed E-state index contributed by atoms with van der Waals surface area (Å²) in [6, 6.07) is 7.24. The lowest BCUT2D eigenvalue weighted by Gasteiger charge is -2.34. The van der Waals surface area contributed by atoms with Crippen LogP contribution in [0, 0.1) is 0 Å².